The van der Waals surface area contributed by atoms with Crippen LogP contribution in [0.2, 0.25) is 0 Å². The fraction of sp³-hybridized carbons (Fsp3) is 0.125. The molecule has 0 saturated carbocycles. The number of rotatable bonds is 5. The third-order valence-electron chi connectivity index (χ3n) is 3.50. The Kier molecular flexibility index (Phi) is 5.48. The fourth-order valence-electron chi connectivity index (χ4n) is 2.18. The van der Waals surface area contributed by atoms with Crippen molar-refractivity contribution < 1.29 is 22.7 Å². The average Bonchev–Trinajstić information content (AvgIpc) is 2.60. The maximum absolute atomic E-state index is 13.0. The van der Waals surface area contributed by atoms with Crippen LogP contribution in [0.5, 0.6) is 0 Å². The molecule has 0 spiro atoms. The first-order valence-electron chi connectivity index (χ1n) is 6.95. The summed E-state index contributed by atoms with van der Waals surface area (Å²) in [5.41, 5.74) is 5.59. The summed E-state index contributed by atoms with van der Waals surface area (Å²) in [5, 5.41) is 0. The highest BCUT2D eigenvalue weighted by molar-refractivity contribution is 9.10. The molecule has 25 heavy (non-hydrogen) atoms. The zero-order valence-electron chi connectivity index (χ0n) is 13.4. The van der Waals surface area contributed by atoms with Crippen LogP contribution in [0.1, 0.15) is 20.7 Å². The van der Waals surface area contributed by atoms with E-state index in [0.717, 1.165) is 4.31 Å². The van der Waals surface area contributed by atoms with Gasteiger partial charge in [-0.15, -0.1) is 0 Å². The third-order valence-corrected chi connectivity index (χ3v) is 6.26. The SMILES string of the molecule is COC(=O)c1ccc(Br)c(S(=O)(=O)N(C)c2ccccc2C(N)=O)c1. The topological polar surface area (TPSA) is 107 Å². The number of methoxy groups -OCH3 is 1. The number of carbonyl (C=O) groups is 2. The van der Waals surface area contributed by atoms with E-state index in [1.54, 1.807) is 12.1 Å². The van der Waals surface area contributed by atoms with Crippen molar-refractivity contribution in [2.75, 3.05) is 18.5 Å². The van der Waals surface area contributed by atoms with Gasteiger partial charge in [0.2, 0.25) is 0 Å². The Labute approximate surface area is 153 Å². The molecule has 0 heterocycles. The highest BCUT2D eigenvalue weighted by atomic mass is 79.9. The van der Waals surface area contributed by atoms with Gasteiger partial charge in [0, 0.05) is 11.5 Å². The summed E-state index contributed by atoms with van der Waals surface area (Å²) in [6, 6.07) is 10.2. The number of benzene rings is 2. The molecular weight excluding hydrogens is 412 g/mol. The predicted octanol–water partition coefficient (Wildman–Crippen LogP) is 2.16. The molecule has 7 nitrogen and oxygen atoms in total. The quantitative estimate of drug-likeness (QED) is 0.736. The molecule has 2 rings (SSSR count). The number of nitrogens with zero attached hydrogens (tertiary/aromatic N) is 1. The number of hydrogen-bond donors (Lipinski definition) is 1. The minimum atomic E-state index is -4.07. The number of sulfonamides is 1. The lowest BCUT2D eigenvalue weighted by Gasteiger charge is -2.22. The zero-order valence-corrected chi connectivity index (χ0v) is 15.8. The molecule has 0 radical (unpaired) electrons. The van der Waals surface area contributed by atoms with E-state index in [-0.39, 0.29) is 26.2 Å². The molecule has 0 saturated heterocycles. The molecule has 0 aliphatic carbocycles. The maximum atomic E-state index is 13.0. The molecule has 0 unspecified atom stereocenters. The van der Waals surface area contributed by atoms with Crippen molar-refractivity contribution in [3.8, 4) is 0 Å². The van der Waals surface area contributed by atoms with Crippen LogP contribution in [0, 0.1) is 0 Å². The average molecular weight is 427 g/mol. The largest absolute Gasteiger partial charge is 0.465 e. The van der Waals surface area contributed by atoms with Crippen LogP contribution in [-0.4, -0.2) is 34.5 Å². The third kappa shape index (κ3) is 3.67. The van der Waals surface area contributed by atoms with E-state index in [9.17, 15) is 18.0 Å². The van der Waals surface area contributed by atoms with Gasteiger partial charge in [0.15, 0.2) is 0 Å². The summed E-state index contributed by atoms with van der Waals surface area (Å²) in [5.74, 6) is -1.41. The molecule has 0 bridgehead atoms. The molecule has 132 valence electrons. The minimum absolute atomic E-state index is 0.0637. The number of halogens is 1. The molecule has 0 atom stereocenters. The maximum Gasteiger partial charge on any atom is 0.337 e. The number of amides is 1. The Bertz CT molecular complexity index is 943. The van der Waals surface area contributed by atoms with Crippen molar-refractivity contribution in [1.29, 1.82) is 0 Å². The summed E-state index contributed by atoms with van der Waals surface area (Å²) in [6.07, 6.45) is 0. The van der Waals surface area contributed by atoms with Crippen molar-refractivity contribution in [3.05, 3.63) is 58.1 Å². The van der Waals surface area contributed by atoms with Gasteiger partial charge < -0.3 is 10.5 Å². The lowest BCUT2D eigenvalue weighted by Crippen LogP contribution is -2.29. The predicted molar refractivity (Wildman–Crippen MR) is 96.0 cm³/mol. The summed E-state index contributed by atoms with van der Waals surface area (Å²) in [7, 11) is -1.57. The van der Waals surface area contributed by atoms with Crippen LogP contribution in [0.15, 0.2) is 51.8 Å². The fourth-order valence-corrected chi connectivity index (χ4v) is 4.34. The minimum Gasteiger partial charge on any atom is -0.465 e. The Morgan fingerprint density at radius 3 is 2.40 bits per heavy atom. The summed E-state index contributed by atoms with van der Waals surface area (Å²) in [6.45, 7) is 0. The smallest absolute Gasteiger partial charge is 0.337 e. The van der Waals surface area contributed by atoms with Gasteiger partial charge in [0.25, 0.3) is 15.9 Å². The van der Waals surface area contributed by atoms with Crippen LogP contribution in [0.4, 0.5) is 5.69 Å². The number of primary amides is 1. The van der Waals surface area contributed by atoms with Crippen molar-refractivity contribution in [2.45, 2.75) is 4.90 Å². The Hall–Kier alpha value is -2.39. The summed E-state index contributed by atoms with van der Waals surface area (Å²) < 4.78 is 31.8. The molecule has 0 fully saturated rings. The van der Waals surface area contributed by atoms with Gasteiger partial charge in [-0.2, -0.15) is 0 Å². The second-order valence-electron chi connectivity index (χ2n) is 4.99. The van der Waals surface area contributed by atoms with E-state index in [1.807, 2.05) is 0 Å². The van der Waals surface area contributed by atoms with Crippen molar-refractivity contribution in [1.82, 2.24) is 0 Å². The second kappa shape index (κ2) is 7.24. The van der Waals surface area contributed by atoms with E-state index in [2.05, 4.69) is 20.7 Å². The Balaban J connectivity index is 2.60. The first kappa shape index (κ1) is 18.9. The van der Waals surface area contributed by atoms with Gasteiger partial charge in [0.1, 0.15) is 4.90 Å². The van der Waals surface area contributed by atoms with Crippen molar-refractivity contribution >= 4 is 43.5 Å². The first-order valence-corrected chi connectivity index (χ1v) is 9.19. The molecular formula is C16H15BrN2O5S. The highest BCUT2D eigenvalue weighted by Crippen LogP contribution is 2.30. The van der Waals surface area contributed by atoms with Gasteiger partial charge in [-0.05, 0) is 46.3 Å². The number of carbonyl (C=O) groups excluding carboxylic acids is 2. The normalized spacial score (nSPS) is 11.0. The molecule has 0 aliphatic heterocycles. The van der Waals surface area contributed by atoms with E-state index in [0.29, 0.717) is 0 Å². The highest BCUT2D eigenvalue weighted by Gasteiger charge is 2.27. The lowest BCUT2D eigenvalue weighted by molar-refractivity contribution is 0.0600. The molecule has 2 aromatic rings. The van der Waals surface area contributed by atoms with E-state index in [4.69, 9.17) is 5.73 Å². The van der Waals surface area contributed by atoms with Gasteiger partial charge in [-0.25, -0.2) is 13.2 Å². The van der Waals surface area contributed by atoms with Gasteiger partial charge in [-0.3, -0.25) is 9.10 Å². The number of esters is 1. The van der Waals surface area contributed by atoms with Crippen LogP contribution in [0.3, 0.4) is 0 Å². The first-order chi connectivity index (χ1) is 11.7. The van der Waals surface area contributed by atoms with Crippen LogP contribution in [-0.2, 0) is 14.8 Å². The lowest BCUT2D eigenvalue weighted by atomic mass is 10.2. The molecule has 9 heteroatoms. The van der Waals surface area contributed by atoms with Gasteiger partial charge in [-0.1, -0.05) is 12.1 Å². The Morgan fingerprint density at radius 2 is 1.80 bits per heavy atom. The standard InChI is InChI=1S/C16H15BrN2O5S/c1-19(13-6-4-3-5-11(13)15(18)20)25(22,23)14-9-10(16(21)24-2)7-8-12(14)17/h3-9H,1-2H3,(H2,18,20). The van der Waals surface area contributed by atoms with Crippen LogP contribution in [0.25, 0.3) is 0 Å². The monoisotopic (exact) mass is 426 g/mol. The van der Waals surface area contributed by atoms with E-state index < -0.39 is 21.9 Å². The van der Waals surface area contributed by atoms with Gasteiger partial charge >= 0.3 is 5.97 Å². The van der Waals surface area contributed by atoms with E-state index in [1.165, 1.54) is 44.5 Å². The van der Waals surface area contributed by atoms with Crippen LogP contribution >= 0.6 is 15.9 Å². The summed E-state index contributed by atoms with van der Waals surface area (Å²) in [4.78, 5) is 23.1. The van der Waals surface area contributed by atoms with Crippen molar-refractivity contribution in [3.63, 3.8) is 0 Å². The number of anilines is 1. The zero-order chi connectivity index (χ0) is 18.8. The molecule has 0 aliphatic rings. The number of hydrogen-bond acceptors (Lipinski definition) is 5. The number of ether oxygens (including phenoxy) is 1. The van der Waals surface area contributed by atoms with Crippen molar-refractivity contribution in [2.24, 2.45) is 5.73 Å². The van der Waals surface area contributed by atoms with Gasteiger partial charge in [0.05, 0.1) is 23.9 Å². The molecule has 0 aromatic heterocycles. The Morgan fingerprint density at radius 1 is 1.16 bits per heavy atom. The van der Waals surface area contributed by atoms with Crippen LogP contribution < -0.4 is 10.0 Å². The second-order valence-corrected chi connectivity index (χ2v) is 7.78. The molecule has 2 aromatic carbocycles. The number of para-hydroxylation sites is 1. The summed E-state index contributed by atoms with van der Waals surface area (Å²) >= 11 is 3.18. The van der Waals surface area contributed by atoms with E-state index >= 15 is 0 Å². The number of nitrogens with two attached hydrogens (primary N) is 1. The molecule has 1 amide bonds. The molecule has 2 N–H and O–H groups in total.